The van der Waals surface area contributed by atoms with Crippen LogP contribution in [-0.4, -0.2) is 42.1 Å². The summed E-state index contributed by atoms with van der Waals surface area (Å²) in [4.78, 5) is 24.1. The highest BCUT2D eigenvalue weighted by atomic mass is 32.1. The summed E-state index contributed by atoms with van der Waals surface area (Å²) in [7, 11) is 1.66. The summed E-state index contributed by atoms with van der Waals surface area (Å²) in [6, 6.07) is 8.10. The van der Waals surface area contributed by atoms with Gasteiger partial charge in [0.2, 0.25) is 5.91 Å². The zero-order chi connectivity index (χ0) is 18.1. The summed E-state index contributed by atoms with van der Waals surface area (Å²) in [5.41, 5.74) is 2.21. The van der Waals surface area contributed by atoms with Gasteiger partial charge in [-0.15, -0.1) is 11.3 Å². The number of aromatic nitrogens is 2. The Morgan fingerprint density at radius 2 is 2.08 bits per heavy atom. The third-order valence-electron chi connectivity index (χ3n) is 4.71. The van der Waals surface area contributed by atoms with Gasteiger partial charge in [-0.2, -0.15) is 0 Å². The van der Waals surface area contributed by atoms with Gasteiger partial charge in [-0.25, -0.2) is 9.97 Å². The van der Waals surface area contributed by atoms with Crippen molar-refractivity contribution in [2.45, 2.75) is 19.4 Å². The van der Waals surface area contributed by atoms with Crippen LogP contribution in [0.25, 0.3) is 21.3 Å². The topological polar surface area (TPSA) is 67.4 Å². The second kappa shape index (κ2) is 6.92. The summed E-state index contributed by atoms with van der Waals surface area (Å²) < 4.78 is 5.26. The van der Waals surface area contributed by atoms with E-state index in [1.807, 2.05) is 24.3 Å². The lowest BCUT2D eigenvalue weighted by molar-refractivity contribution is -0.120. The van der Waals surface area contributed by atoms with Gasteiger partial charge >= 0.3 is 0 Å². The number of fused-ring (bicyclic) bond motifs is 1. The Morgan fingerprint density at radius 1 is 1.27 bits per heavy atom. The number of carbonyl (C=O) groups excluding carboxylic acids is 1. The number of thiophene rings is 1. The third-order valence-corrected chi connectivity index (χ3v) is 5.60. The Hall–Kier alpha value is -2.67. The second-order valence-corrected chi connectivity index (χ2v) is 7.21. The van der Waals surface area contributed by atoms with Crippen LogP contribution in [0.4, 0.5) is 5.82 Å². The van der Waals surface area contributed by atoms with E-state index in [4.69, 9.17) is 4.74 Å². The van der Waals surface area contributed by atoms with Gasteiger partial charge in [-0.1, -0.05) is 12.1 Å². The number of hydrogen-bond donors (Lipinski definition) is 1. The smallest absolute Gasteiger partial charge is 0.222 e. The van der Waals surface area contributed by atoms with Crippen LogP contribution in [0.5, 0.6) is 5.75 Å². The van der Waals surface area contributed by atoms with Crippen LogP contribution >= 0.6 is 11.3 Å². The molecule has 0 bridgehead atoms. The lowest BCUT2D eigenvalue weighted by Gasteiger charge is -2.28. The third kappa shape index (κ3) is 2.99. The largest absolute Gasteiger partial charge is 0.497 e. The molecule has 1 atom stereocenters. The number of methoxy groups -OCH3 is 1. The molecule has 6 nitrogen and oxygen atoms in total. The predicted molar refractivity (Wildman–Crippen MR) is 104 cm³/mol. The number of rotatable bonds is 3. The summed E-state index contributed by atoms with van der Waals surface area (Å²) in [6.07, 6.45) is 2.08. The van der Waals surface area contributed by atoms with Gasteiger partial charge in [0, 0.05) is 36.5 Å². The van der Waals surface area contributed by atoms with Crippen molar-refractivity contribution in [2.24, 2.45) is 0 Å². The minimum Gasteiger partial charge on any atom is -0.497 e. The average molecular weight is 368 g/mol. The molecule has 1 fully saturated rings. The molecular weight excluding hydrogens is 348 g/mol. The van der Waals surface area contributed by atoms with Crippen molar-refractivity contribution in [3.05, 3.63) is 36.0 Å². The molecule has 1 saturated heterocycles. The van der Waals surface area contributed by atoms with Crippen LogP contribution in [0.1, 0.15) is 13.3 Å². The number of nitrogens with one attached hydrogen (secondary N) is 1. The SMILES string of the molecule is COc1ccc(-c2csc3ncnc(N4CCNC(=O)C[C@H]4C)c23)cc1. The van der Waals surface area contributed by atoms with Crippen LogP contribution in [-0.2, 0) is 4.79 Å². The summed E-state index contributed by atoms with van der Waals surface area (Å²) in [6.45, 7) is 3.42. The highest BCUT2D eigenvalue weighted by molar-refractivity contribution is 7.17. The molecule has 1 aliphatic heterocycles. The molecule has 134 valence electrons. The van der Waals surface area contributed by atoms with Crippen LogP contribution in [0.3, 0.4) is 0 Å². The minimum atomic E-state index is 0.0826. The Bertz CT molecular complexity index is 938. The summed E-state index contributed by atoms with van der Waals surface area (Å²) in [5.74, 6) is 1.81. The monoisotopic (exact) mass is 368 g/mol. The van der Waals surface area contributed by atoms with E-state index in [-0.39, 0.29) is 11.9 Å². The van der Waals surface area contributed by atoms with Gasteiger partial charge in [-0.05, 0) is 24.6 Å². The van der Waals surface area contributed by atoms with Gasteiger partial charge in [0.1, 0.15) is 22.7 Å². The Labute approximate surface area is 155 Å². The predicted octanol–water partition coefficient (Wildman–Crippen LogP) is 3.08. The molecule has 1 N–H and O–H groups in total. The number of carbonyl (C=O) groups is 1. The first kappa shape index (κ1) is 16.8. The fourth-order valence-electron chi connectivity index (χ4n) is 3.36. The van der Waals surface area contributed by atoms with Crippen molar-refractivity contribution in [3.63, 3.8) is 0 Å². The zero-order valence-corrected chi connectivity index (χ0v) is 15.5. The van der Waals surface area contributed by atoms with Crippen molar-refractivity contribution in [2.75, 3.05) is 25.1 Å². The zero-order valence-electron chi connectivity index (χ0n) is 14.7. The molecule has 0 spiro atoms. The number of amides is 1. The highest BCUT2D eigenvalue weighted by Gasteiger charge is 2.25. The van der Waals surface area contributed by atoms with Gasteiger partial charge in [0.25, 0.3) is 0 Å². The lowest BCUT2D eigenvalue weighted by Crippen LogP contribution is -2.35. The standard InChI is InChI=1S/C19H20N4O2S/c1-12-9-16(24)20-7-8-23(12)18-17-15(10-26-19(17)22-11-21-18)13-3-5-14(25-2)6-4-13/h3-6,10-12H,7-9H2,1-2H3,(H,20,24)/t12-/m1/s1. The Balaban J connectivity index is 1.82. The Kier molecular flexibility index (Phi) is 4.46. The van der Waals surface area contributed by atoms with Crippen molar-refractivity contribution in [3.8, 4) is 16.9 Å². The van der Waals surface area contributed by atoms with Crippen LogP contribution < -0.4 is 15.0 Å². The number of hydrogen-bond acceptors (Lipinski definition) is 6. The Morgan fingerprint density at radius 3 is 2.85 bits per heavy atom. The molecule has 3 aromatic rings. The maximum Gasteiger partial charge on any atom is 0.222 e. The van der Waals surface area contributed by atoms with Gasteiger partial charge in [0.15, 0.2) is 0 Å². The minimum absolute atomic E-state index is 0.0826. The number of anilines is 1. The van der Waals surface area contributed by atoms with Crippen molar-refractivity contribution >= 4 is 33.3 Å². The van der Waals surface area contributed by atoms with E-state index in [1.165, 1.54) is 0 Å². The molecule has 26 heavy (non-hydrogen) atoms. The second-order valence-electron chi connectivity index (χ2n) is 6.35. The molecule has 7 heteroatoms. The lowest BCUT2D eigenvalue weighted by atomic mass is 10.1. The number of benzene rings is 1. The summed E-state index contributed by atoms with van der Waals surface area (Å²) in [5, 5.41) is 6.11. The molecule has 0 saturated carbocycles. The quantitative estimate of drug-likeness (QED) is 0.769. The molecule has 0 unspecified atom stereocenters. The fraction of sp³-hybridized carbons (Fsp3) is 0.316. The summed E-state index contributed by atoms with van der Waals surface area (Å²) >= 11 is 1.61. The van der Waals surface area contributed by atoms with Gasteiger partial charge < -0.3 is 15.0 Å². The van der Waals surface area contributed by atoms with Gasteiger partial charge in [-0.3, -0.25) is 4.79 Å². The first-order valence-corrected chi connectivity index (χ1v) is 9.45. The first-order chi connectivity index (χ1) is 12.7. The van der Waals surface area contributed by atoms with Crippen LogP contribution in [0.15, 0.2) is 36.0 Å². The maximum atomic E-state index is 11.9. The molecule has 4 rings (SSSR count). The van der Waals surface area contributed by atoms with E-state index in [9.17, 15) is 4.79 Å². The molecule has 1 aromatic carbocycles. The molecular formula is C19H20N4O2S. The molecule has 1 aliphatic rings. The maximum absolute atomic E-state index is 11.9. The van der Waals surface area contributed by atoms with E-state index >= 15 is 0 Å². The van der Waals surface area contributed by atoms with Crippen molar-refractivity contribution in [1.29, 1.82) is 0 Å². The van der Waals surface area contributed by atoms with Crippen LogP contribution in [0.2, 0.25) is 0 Å². The normalized spacial score (nSPS) is 17.8. The molecule has 3 heterocycles. The molecule has 2 aromatic heterocycles. The first-order valence-electron chi connectivity index (χ1n) is 8.57. The van der Waals surface area contributed by atoms with E-state index in [2.05, 4.69) is 32.5 Å². The molecule has 1 amide bonds. The van der Waals surface area contributed by atoms with Crippen molar-refractivity contribution < 1.29 is 9.53 Å². The van der Waals surface area contributed by atoms with E-state index in [0.29, 0.717) is 13.0 Å². The van der Waals surface area contributed by atoms with E-state index < -0.39 is 0 Å². The molecule has 0 radical (unpaired) electrons. The van der Waals surface area contributed by atoms with E-state index in [1.54, 1.807) is 24.8 Å². The number of ether oxygens (including phenoxy) is 1. The molecule has 0 aliphatic carbocycles. The number of nitrogens with zero attached hydrogens (tertiary/aromatic N) is 3. The van der Waals surface area contributed by atoms with E-state index in [0.717, 1.165) is 39.5 Å². The average Bonchev–Trinajstić information content (AvgIpc) is 3.02. The highest BCUT2D eigenvalue weighted by Crippen LogP contribution is 2.39. The fourth-order valence-corrected chi connectivity index (χ4v) is 4.27. The van der Waals surface area contributed by atoms with Crippen molar-refractivity contribution in [1.82, 2.24) is 15.3 Å². The van der Waals surface area contributed by atoms with Crippen LogP contribution in [0, 0.1) is 0 Å². The van der Waals surface area contributed by atoms with Gasteiger partial charge in [0.05, 0.1) is 12.5 Å².